The third kappa shape index (κ3) is 4.11. The largest absolute Gasteiger partial charge is 0.504 e. The van der Waals surface area contributed by atoms with E-state index in [1.807, 2.05) is 19.1 Å². The smallest absolute Gasteiger partial charge is 0.336 e. The zero-order valence-corrected chi connectivity index (χ0v) is 11.9. The fourth-order valence-corrected chi connectivity index (χ4v) is 1.72. The van der Waals surface area contributed by atoms with Gasteiger partial charge in [0.1, 0.15) is 5.75 Å². The van der Waals surface area contributed by atoms with Gasteiger partial charge in [-0.05, 0) is 42.8 Å². The molecule has 0 bridgehead atoms. The number of hydrogen-bond acceptors (Lipinski definition) is 4. The van der Waals surface area contributed by atoms with Gasteiger partial charge in [0.05, 0.1) is 7.11 Å². The van der Waals surface area contributed by atoms with Crippen molar-refractivity contribution < 1.29 is 19.4 Å². The maximum Gasteiger partial charge on any atom is 0.336 e. The van der Waals surface area contributed by atoms with Crippen molar-refractivity contribution in [3.05, 3.63) is 59.7 Å². The highest BCUT2D eigenvalue weighted by Crippen LogP contribution is 2.26. The van der Waals surface area contributed by atoms with Crippen LogP contribution in [0.2, 0.25) is 0 Å². The molecule has 0 aliphatic carbocycles. The number of benzene rings is 2. The van der Waals surface area contributed by atoms with Gasteiger partial charge in [-0.2, -0.15) is 0 Å². The molecule has 0 atom stereocenters. The molecule has 0 aromatic heterocycles. The molecule has 0 heterocycles. The number of aromatic hydroxyl groups is 1. The van der Waals surface area contributed by atoms with Crippen LogP contribution in [0.1, 0.15) is 11.1 Å². The summed E-state index contributed by atoms with van der Waals surface area (Å²) in [5.74, 6) is 0.436. The van der Waals surface area contributed by atoms with Crippen molar-refractivity contribution in [2.24, 2.45) is 0 Å². The van der Waals surface area contributed by atoms with Crippen molar-refractivity contribution in [2.45, 2.75) is 6.92 Å². The number of phenolic OH excluding ortho intramolecular Hbond substituents is 1. The summed E-state index contributed by atoms with van der Waals surface area (Å²) >= 11 is 0. The van der Waals surface area contributed by atoms with Gasteiger partial charge in [0.25, 0.3) is 0 Å². The minimum Gasteiger partial charge on any atom is -0.504 e. The normalized spacial score (nSPS) is 10.6. The fourth-order valence-electron chi connectivity index (χ4n) is 1.72. The number of phenols is 1. The van der Waals surface area contributed by atoms with E-state index in [9.17, 15) is 9.90 Å². The number of carbonyl (C=O) groups is 1. The van der Waals surface area contributed by atoms with Crippen molar-refractivity contribution in [1.29, 1.82) is 0 Å². The predicted molar refractivity (Wildman–Crippen MR) is 80.5 cm³/mol. The van der Waals surface area contributed by atoms with Crippen molar-refractivity contribution in [3.63, 3.8) is 0 Å². The summed E-state index contributed by atoms with van der Waals surface area (Å²) in [6, 6.07) is 12.0. The van der Waals surface area contributed by atoms with Crippen LogP contribution >= 0.6 is 0 Å². The summed E-state index contributed by atoms with van der Waals surface area (Å²) < 4.78 is 10.2. The third-order valence-corrected chi connectivity index (χ3v) is 2.86. The molecular weight excluding hydrogens is 268 g/mol. The summed E-state index contributed by atoms with van der Waals surface area (Å²) in [5, 5.41) is 9.49. The van der Waals surface area contributed by atoms with E-state index in [-0.39, 0.29) is 5.75 Å². The first-order valence-corrected chi connectivity index (χ1v) is 6.42. The lowest BCUT2D eigenvalue weighted by molar-refractivity contribution is -0.128. The molecule has 4 heteroatoms. The number of rotatable bonds is 4. The third-order valence-electron chi connectivity index (χ3n) is 2.86. The Kier molecular flexibility index (Phi) is 4.61. The van der Waals surface area contributed by atoms with E-state index in [4.69, 9.17) is 9.47 Å². The van der Waals surface area contributed by atoms with Gasteiger partial charge < -0.3 is 14.6 Å². The molecule has 2 aromatic carbocycles. The monoisotopic (exact) mass is 284 g/mol. The van der Waals surface area contributed by atoms with E-state index >= 15 is 0 Å². The summed E-state index contributed by atoms with van der Waals surface area (Å²) in [5.41, 5.74) is 1.83. The molecule has 0 amide bonds. The van der Waals surface area contributed by atoms with Crippen LogP contribution in [0.5, 0.6) is 17.2 Å². The lowest BCUT2D eigenvalue weighted by atomic mass is 10.2. The van der Waals surface area contributed by atoms with Gasteiger partial charge in [-0.1, -0.05) is 23.8 Å². The van der Waals surface area contributed by atoms with Crippen molar-refractivity contribution >= 4 is 12.0 Å². The summed E-state index contributed by atoms with van der Waals surface area (Å²) in [6.45, 7) is 1.96. The Bertz CT molecular complexity index is 657. The van der Waals surface area contributed by atoms with E-state index in [0.29, 0.717) is 11.5 Å². The molecule has 0 saturated heterocycles. The van der Waals surface area contributed by atoms with E-state index in [0.717, 1.165) is 11.1 Å². The van der Waals surface area contributed by atoms with E-state index < -0.39 is 5.97 Å². The summed E-state index contributed by atoms with van der Waals surface area (Å²) in [4.78, 5) is 11.7. The second kappa shape index (κ2) is 6.61. The van der Waals surface area contributed by atoms with Gasteiger partial charge in [0, 0.05) is 6.08 Å². The first kappa shape index (κ1) is 14.7. The van der Waals surface area contributed by atoms with Crippen LogP contribution in [0.4, 0.5) is 0 Å². The van der Waals surface area contributed by atoms with Crippen LogP contribution < -0.4 is 9.47 Å². The second-order valence-electron chi connectivity index (χ2n) is 4.50. The number of hydrogen-bond donors (Lipinski definition) is 1. The first-order chi connectivity index (χ1) is 10.1. The topological polar surface area (TPSA) is 55.8 Å². The molecule has 21 heavy (non-hydrogen) atoms. The zero-order chi connectivity index (χ0) is 15.2. The van der Waals surface area contributed by atoms with Crippen LogP contribution in [0, 0.1) is 6.92 Å². The van der Waals surface area contributed by atoms with Crippen LogP contribution in [0.25, 0.3) is 6.08 Å². The second-order valence-corrected chi connectivity index (χ2v) is 4.50. The maximum atomic E-state index is 11.7. The Balaban J connectivity index is 2.03. The SMILES string of the molecule is COc1cc(/C=C/C(=O)Oc2ccc(C)cc2)ccc1O. The molecule has 0 aliphatic rings. The fraction of sp³-hybridized carbons (Fsp3) is 0.118. The molecular formula is C17H16O4. The number of methoxy groups -OCH3 is 1. The van der Waals surface area contributed by atoms with Gasteiger partial charge in [0.2, 0.25) is 0 Å². The molecule has 4 nitrogen and oxygen atoms in total. The van der Waals surface area contributed by atoms with Crippen molar-refractivity contribution in [2.75, 3.05) is 7.11 Å². The Morgan fingerprint density at radius 2 is 1.86 bits per heavy atom. The Hall–Kier alpha value is -2.75. The lowest BCUT2D eigenvalue weighted by Crippen LogP contribution is -2.03. The van der Waals surface area contributed by atoms with Crippen molar-refractivity contribution in [3.8, 4) is 17.2 Å². The zero-order valence-electron chi connectivity index (χ0n) is 11.9. The maximum absolute atomic E-state index is 11.7. The van der Waals surface area contributed by atoms with Gasteiger partial charge in [-0.25, -0.2) is 4.79 Å². The first-order valence-electron chi connectivity index (χ1n) is 6.42. The quantitative estimate of drug-likeness (QED) is 0.531. The highest BCUT2D eigenvalue weighted by Gasteiger charge is 2.02. The molecule has 0 unspecified atom stereocenters. The van der Waals surface area contributed by atoms with Gasteiger partial charge in [-0.15, -0.1) is 0 Å². The van der Waals surface area contributed by atoms with Gasteiger partial charge in [0.15, 0.2) is 11.5 Å². The molecule has 0 spiro atoms. The van der Waals surface area contributed by atoms with Crippen LogP contribution in [0.3, 0.4) is 0 Å². The Labute approximate surface area is 123 Å². The van der Waals surface area contributed by atoms with E-state index in [1.165, 1.54) is 19.3 Å². The van der Waals surface area contributed by atoms with Crippen LogP contribution in [-0.2, 0) is 4.79 Å². The molecule has 108 valence electrons. The average Bonchev–Trinajstić information content (AvgIpc) is 2.49. The summed E-state index contributed by atoms with van der Waals surface area (Å²) in [7, 11) is 1.47. The van der Waals surface area contributed by atoms with E-state index in [2.05, 4.69) is 0 Å². The molecule has 0 radical (unpaired) electrons. The number of carbonyl (C=O) groups excluding carboxylic acids is 1. The predicted octanol–water partition coefficient (Wildman–Crippen LogP) is 3.33. The molecule has 0 aliphatic heterocycles. The van der Waals surface area contributed by atoms with Crippen LogP contribution in [-0.4, -0.2) is 18.2 Å². The Morgan fingerprint density at radius 3 is 2.52 bits per heavy atom. The number of aryl methyl sites for hydroxylation is 1. The minimum atomic E-state index is -0.467. The molecule has 1 N–H and O–H groups in total. The number of esters is 1. The van der Waals surface area contributed by atoms with Gasteiger partial charge >= 0.3 is 5.97 Å². The standard InChI is InChI=1S/C17H16O4/c1-12-3-7-14(8-4-12)21-17(19)10-6-13-5-9-15(18)16(11-13)20-2/h3-11,18H,1-2H3/b10-6+. The van der Waals surface area contributed by atoms with Crippen LogP contribution in [0.15, 0.2) is 48.5 Å². The minimum absolute atomic E-state index is 0.0527. The molecule has 2 aromatic rings. The highest BCUT2D eigenvalue weighted by atomic mass is 16.5. The highest BCUT2D eigenvalue weighted by molar-refractivity contribution is 5.88. The molecule has 2 rings (SSSR count). The van der Waals surface area contributed by atoms with Gasteiger partial charge in [-0.3, -0.25) is 0 Å². The average molecular weight is 284 g/mol. The number of ether oxygens (including phenoxy) is 2. The Morgan fingerprint density at radius 1 is 1.14 bits per heavy atom. The summed E-state index contributed by atoms with van der Waals surface area (Å²) in [6.07, 6.45) is 2.92. The molecule has 0 saturated carbocycles. The lowest BCUT2D eigenvalue weighted by Gasteiger charge is -2.04. The van der Waals surface area contributed by atoms with Crippen molar-refractivity contribution in [1.82, 2.24) is 0 Å². The van der Waals surface area contributed by atoms with E-state index in [1.54, 1.807) is 30.3 Å². The molecule has 0 fully saturated rings.